The largest absolute Gasteiger partial charge is 0.462 e. The molecule has 2 saturated carbocycles. The van der Waals surface area contributed by atoms with E-state index in [4.69, 9.17) is 9.47 Å². The van der Waals surface area contributed by atoms with Gasteiger partial charge < -0.3 is 9.47 Å². The lowest BCUT2D eigenvalue weighted by Crippen LogP contribution is -2.45. The van der Waals surface area contributed by atoms with Crippen molar-refractivity contribution < 1.29 is 19.1 Å². The smallest absolute Gasteiger partial charge is 0.320 e. The van der Waals surface area contributed by atoms with Crippen LogP contribution in [0, 0.1) is 41.4 Å². The van der Waals surface area contributed by atoms with Gasteiger partial charge in [0.1, 0.15) is 17.5 Å². The third-order valence-electron chi connectivity index (χ3n) is 10.5. The van der Waals surface area contributed by atoms with Crippen LogP contribution in [0.4, 0.5) is 0 Å². The van der Waals surface area contributed by atoms with E-state index in [-0.39, 0.29) is 30.1 Å². The van der Waals surface area contributed by atoms with Crippen molar-refractivity contribution in [3.05, 3.63) is 77.9 Å². The topological polar surface area (TPSA) is 52.6 Å². The molecule has 3 aliphatic rings. The van der Waals surface area contributed by atoms with Gasteiger partial charge in [0.2, 0.25) is 0 Å². The highest BCUT2D eigenvalue weighted by molar-refractivity contribution is 8.09. The molecule has 0 unspecified atom stereocenters. The predicted octanol–water partition coefficient (Wildman–Crippen LogP) is 9.55. The summed E-state index contributed by atoms with van der Waals surface area (Å²) in [5, 5.41) is -0.698. The van der Waals surface area contributed by atoms with Gasteiger partial charge in [-0.25, -0.2) is 0 Å². The van der Waals surface area contributed by atoms with Crippen LogP contribution < -0.4 is 0 Å². The highest BCUT2D eigenvalue weighted by atomic mass is 32.2. The second-order valence-electron chi connectivity index (χ2n) is 14.5. The Morgan fingerprint density at radius 2 is 1.20 bits per heavy atom. The first kappa shape index (κ1) is 32.9. The molecular weight excluding hydrogens is 564 g/mol. The fourth-order valence-electron chi connectivity index (χ4n) is 7.86. The number of allylic oxidation sites excluding steroid dienone is 1. The van der Waals surface area contributed by atoms with E-state index >= 15 is 0 Å². The van der Waals surface area contributed by atoms with Gasteiger partial charge in [-0.3, -0.25) is 9.59 Å². The van der Waals surface area contributed by atoms with E-state index in [2.05, 4.69) is 71.9 Å². The van der Waals surface area contributed by atoms with Gasteiger partial charge in [0, 0.05) is 10.8 Å². The molecule has 0 spiro atoms. The van der Waals surface area contributed by atoms with Crippen molar-refractivity contribution >= 4 is 28.6 Å². The van der Waals surface area contributed by atoms with Gasteiger partial charge >= 0.3 is 11.9 Å². The normalized spacial score (nSPS) is 32.6. The third-order valence-corrected chi connectivity index (χ3v) is 11.9. The molecule has 0 saturated heterocycles. The van der Waals surface area contributed by atoms with Crippen LogP contribution in [0.15, 0.2) is 66.7 Å². The molecule has 5 rings (SSSR count). The van der Waals surface area contributed by atoms with Crippen LogP contribution >= 0.6 is 11.8 Å². The average molecular weight is 617 g/mol. The predicted molar refractivity (Wildman–Crippen MR) is 181 cm³/mol. The van der Waals surface area contributed by atoms with E-state index in [9.17, 15) is 9.59 Å². The monoisotopic (exact) mass is 616 g/mol. The van der Waals surface area contributed by atoms with Crippen molar-refractivity contribution in [2.24, 2.45) is 41.4 Å². The highest BCUT2D eigenvalue weighted by Gasteiger charge is 2.48. The van der Waals surface area contributed by atoms with Gasteiger partial charge in [-0.1, -0.05) is 121 Å². The minimum absolute atomic E-state index is 0.130. The number of carbonyl (C=O) groups excluding carboxylic acids is 2. The van der Waals surface area contributed by atoms with E-state index in [0.717, 1.165) is 54.6 Å². The number of hydrogen-bond acceptors (Lipinski definition) is 5. The Morgan fingerprint density at radius 1 is 0.705 bits per heavy atom. The minimum Gasteiger partial charge on any atom is -0.462 e. The SMILES string of the molecule is CC(C)[C@@H]1CC[C@@H](C)C[C@H]1OC(=O)[C@@H]1[C@@H](C(=O)O[C@@H]2C[C@H](C)CC[C@H]2C(C)C)SC(c2ccccc2)=C[C@@H]1c1ccccc1. The number of carbonyl (C=O) groups is 2. The lowest BCUT2D eigenvalue weighted by atomic mass is 9.75. The summed E-state index contributed by atoms with van der Waals surface area (Å²) in [6.45, 7) is 13.4. The van der Waals surface area contributed by atoms with Gasteiger partial charge in [-0.2, -0.15) is 0 Å². The van der Waals surface area contributed by atoms with Gasteiger partial charge in [0.25, 0.3) is 0 Å². The van der Waals surface area contributed by atoms with Crippen molar-refractivity contribution in [3.63, 3.8) is 0 Å². The Balaban J connectivity index is 1.53. The van der Waals surface area contributed by atoms with E-state index in [1.807, 2.05) is 36.4 Å². The Labute approximate surface area is 269 Å². The summed E-state index contributed by atoms with van der Waals surface area (Å²) in [5.41, 5.74) is 2.07. The number of ether oxygens (including phenoxy) is 2. The van der Waals surface area contributed by atoms with Gasteiger partial charge in [0.05, 0.1) is 5.92 Å². The fraction of sp³-hybridized carbons (Fsp3) is 0.590. The van der Waals surface area contributed by atoms with Crippen LogP contribution in [0.2, 0.25) is 0 Å². The van der Waals surface area contributed by atoms with Crippen LogP contribution in [-0.2, 0) is 19.1 Å². The van der Waals surface area contributed by atoms with Gasteiger partial charge in [-0.15, -0.1) is 11.8 Å². The Morgan fingerprint density at radius 3 is 1.73 bits per heavy atom. The van der Waals surface area contributed by atoms with Crippen molar-refractivity contribution in [2.45, 2.75) is 103 Å². The van der Waals surface area contributed by atoms with Crippen LogP contribution in [0.1, 0.15) is 97.1 Å². The summed E-state index contributed by atoms with van der Waals surface area (Å²) in [4.78, 5) is 30.0. The molecule has 0 amide bonds. The number of rotatable bonds is 8. The van der Waals surface area contributed by atoms with Crippen molar-refractivity contribution in [2.75, 3.05) is 0 Å². The quantitative estimate of drug-likeness (QED) is 0.277. The molecule has 0 aromatic heterocycles. The first-order chi connectivity index (χ1) is 21.1. The zero-order chi connectivity index (χ0) is 31.4. The Bertz CT molecular complexity index is 1270. The summed E-state index contributed by atoms with van der Waals surface area (Å²) in [6.07, 6.45) is 8.14. The molecular formula is C39H52O4S. The van der Waals surface area contributed by atoms with Crippen molar-refractivity contribution in [1.82, 2.24) is 0 Å². The second kappa shape index (κ2) is 14.7. The number of thioether (sulfide) groups is 1. The highest BCUT2D eigenvalue weighted by Crippen LogP contribution is 2.49. The second-order valence-corrected chi connectivity index (χ2v) is 15.7. The molecule has 2 aromatic carbocycles. The van der Waals surface area contributed by atoms with E-state index in [1.54, 1.807) is 0 Å². The summed E-state index contributed by atoms with van der Waals surface area (Å²) >= 11 is 1.48. The summed E-state index contributed by atoms with van der Waals surface area (Å²) in [6, 6.07) is 20.4. The standard InChI is InChI=1S/C39H52O4S/c1-24(2)30-19-17-26(5)21-33(30)42-38(40)36-32(28-13-9-7-10-14-28)23-35(29-15-11-8-12-16-29)44-37(36)39(41)43-34-22-27(6)18-20-31(34)25(3)4/h7-16,23-27,30-34,36-37H,17-22H2,1-6H3/t26-,27-,30+,31+,32-,33-,34-,36+,37+/m1/s1. The maximum absolute atomic E-state index is 14.5. The Kier molecular flexibility index (Phi) is 11.0. The van der Waals surface area contributed by atoms with Gasteiger partial charge in [-0.05, 0) is 72.3 Å². The van der Waals surface area contributed by atoms with Crippen LogP contribution in [-0.4, -0.2) is 29.4 Å². The molecule has 9 atom stereocenters. The molecule has 238 valence electrons. The summed E-state index contributed by atoms with van der Waals surface area (Å²) in [5.74, 6) is 1.03. The minimum atomic E-state index is -0.698. The summed E-state index contributed by atoms with van der Waals surface area (Å²) in [7, 11) is 0. The lowest BCUT2D eigenvalue weighted by molar-refractivity contribution is -0.167. The zero-order valence-corrected chi connectivity index (χ0v) is 28.3. The third kappa shape index (κ3) is 7.63. The van der Waals surface area contributed by atoms with Crippen molar-refractivity contribution in [3.8, 4) is 0 Å². The molecule has 2 fully saturated rings. The van der Waals surface area contributed by atoms with Crippen LogP contribution in [0.25, 0.3) is 4.91 Å². The first-order valence-electron chi connectivity index (χ1n) is 17.0. The fourth-order valence-corrected chi connectivity index (χ4v) is 9.21. The molecule has 2 aromatic rings. The molecule has 1 heterocycles. The molecule has 0 radical (unpaired) electrons. The maximum Gasteiger partial charge on any atom is 0.320 e. The molecule has 2 aliphatic carbocycles. The van der Waals surface area contributed by atoms with E-state index in [1.165, 1.54) is 11.8 Å². The Hall–Kier alpha value is -2.53. The molecule has 0 N–H and O–H groups in total. The van der Waals surface area contributed by atoms with Crippen molar-refractivity contribution in [1.29, 1.82) is 0 Å². The van der Waals surface area contributed by atoms with E-state index in [0.29, 0.717) is 35.5 Å². The molecule has 1 aliphatic heterocycles. The van der Waals surface area contributed by atoms with Gasteiger partial charge in [0.15, 0.2) is 0 Å². The average Bonchev–Trinajstić information content (AvgIpc) is 3.01. The summed E-state index contributed by atoms with van der Waals surface area (Å²) < 4.78 is 13.0. The zero-order valence-electron chi connectivity index (χ0n) is 27.5. The first-order valence-corrected chi connectivity index (χ1v) is 17.9. The van der Waals surface area contributed by atoms with Crippen LogP contribution in [0.3, 0.4) is 0 Å². The molecule has 0 bridgehead atoms. The van der Waals surface area contributed by atoms with E-state index < -0.39 is 11.2 Å². The number of esters is 2. The maximum atomic E-state index is 14.5. The molecule has 44 heavy (non-hydrogen) atoms. The molecule has 4 nitrogen and oxygen atoms in total. The number of hydrogen-bond donors (Lipinski definition) is 0. The molecule has 5 heteroatoms. The lowest BCUT2D eigenvalue weighted by Gasteiger charge is -2.41. The van der Waals surface area contributed by atoms with Crippen LogP contribution in [0.5, 0.6) is 0 Å². The number of benzene rings is 2.